The highest BCUT2D eigenvalue weighted by Crippen LogP contribution is 2.20. The first-order valence-electron chi connectivity index (χ1n) is 5.04. The molecule has 0 spiro atoms. The summed E-state index contributed by atoms with van der Waals surface area (Å²) < 4.78 is 31.4. The van der Waals surface area contributed by atoms with E-state index in [9.17, 15) is 13.2 Å². The van der Waals surface area contributed by atoms with Crippen molar-refractivity contribution in [3.8, 4) is 0 Å². The SMILES string of the molecule is NC(=O)COCCNS(=O)(=O)c1ccccc1Br. The molecule has 6 nitrogen and oxygen atoms in total. The average molecular weight is 337 g/mol. The molecule has 100 valence electrons. The third kappa shape index (κ3) is 4.73. The average Bonchev–Trinajstić information content (AvgIpc) is 2.28. The summed E-state index contributed by atoms with van der Waals surface area (Å²) in [7, 11) is -3.58. The summed E-state index contributed by atoms with van der Waals surface area (Å²) in [6.07, 6.45) is 0. The van der Waals surface area contributed by atoms with Gasteiger partial charge in [0, 0.05) is 11.0 Å². The van der Waals surface area contributed by atoms with Gasteiger partial charge in [0.25, 0.3) is 0 Å². The lowest BCUT2D eigenvalue weighted by Crippen LogP contribution is -2.29. The maximum absolute atomic E-state index is 11.9. The highest BCUT2D eigenvalue weighted by Gasteiger charge is 2.15. The molecule has 1 aromatic carbocycles. The van der Waals surface area contributed by atoms with E-state index in [1.165, 1.54) is 6.07 Å². The Labute approximate surface area is 114 Å². The van der Waals surface area contributed by atoms with Crippen molar-refractivity contribution in [2.24, 2.45) is 5.73 Å². The molecule has 1 aromatic rings. The third-order valence-electron chi connectivity index (χ3n) is 1.91. The number of sulfonamides is 1. The minimum Gasteiger partial charge on any atom is -0.370 e. The lowest BCUT2D eigenvalue weighted by atomic mass is 10.4. The fourth-order valence-electron chi connectivity index (χ4n) is 1.16. The molecule has 0 unspecified atom stereocenters. The molecule has 3 N–H and O–H groups in total. The largest absolute Gasteiger partial charge is 0.370 e. The first-order valence-corrected chi connectivity index (χ1v) is 7.31. The number of nitrogens with two attached hydrogens (primary N) is 1. The van der Waals surface area contributed by atoms with Crippen LogP contribution in [0.25, 0.3) is 0 Å². The van der Waals surface area contributed by atoms with Crippen molar-refractivity contribution in [1.82, 2.24) is 4.72 Å². The number of hydrogen-bond donors (Lipinski definition) is 2. The Morgan fingerprint density at radius 3 is 2.67 bits per heavy atom. The van der Waals surface area contributed by atoms with Crippen LogP contribution in [0.2, 0.25) is 0 Å². The summed E-state index contributed by atoms with van der Waals surface area (Å²) >= 11 is 3.16. The van der Waals surface area contributed by atoms with E-state index in [4.69, 9.17) is 10.5 Å². The lowest BCUT2D eigenvalue weighted by molar-refractivity contribution is -0.122. The zero-order valence-corrected chi connectivity index (χ0v) is 11.8. The number of benzene rings is 1. The highest BCUT2D eigenvalue weighted by atomic mass is 79.9. The van der Waals surface area contributed by atoms with Gasteiger partial charge < -0.3 is 10.5 Å². The second-order valence-electron chi connectivity index (χ2n) is 3.35. The number of halogens is 1. The molecule has 8 heteroatoms. The van der Waals surface area contributed by atoms with Crippen LogP contribution in [-0.4, -0.2) is 34.1 Å². The molecule has 0 aliphatic rings. The van der Waals surface area contributed by atoms with Crippen molar-refractivity contribution < 1.29 is 17.9 Å². The quantitative estimate of drug-likeness (QED) is 0.696. The molecule has 0 saturated carbocycles. The van der Waals surface area contributed by atoms with Gasteiger partial charge in [0.05, 0.1) is 11.5 Å². The zero-order valence-electron chi connectivity index (χ0n) is 9.43. The predicted molar refractivity (Wildman–Crippen MR) is 69.3 cm³/mol. The van der Waals surface area contributed by atoms with Gasteiger partial charge in [-0.05, 0) is 28.1 Å². The summed E-state index contributed by atoms with van der Waals surface area (Å²) in [5.74, 6) is -0.594. The molecular weight excluding hydrogens is 324 g/mol. The smallest absolute Gasteiger partial charge is 0.243 e. The van der Waals surface area contributed by atoms with E-state index >= 15 is 0 Å². The summed E-state index contributed by atoms with van der Waals surface area (Å²) in [6, 6.07) is 6.47. The van der Waals surface area contributed by atoms with E-state index in [2.05, 4.69) is 20.7 Å². The molecule has 0 aliphatic heterocycles. The fraction of sp³-hybridized carbons (Fsp3) is 0.300. The number of nitrogens with one attached hydrogen (secondary N) is 1. The second-order valence-corrected chi connectivity index (χ2v) is 5.94. The normalized spacial score (nSPS) is 11.4. The Balaban J connectivity index is 2.51. The van der Waals surface area contributed by atoms with Gasteiger partial charge in [-0.3, -0.25) is 4.79 Å². The van der Waals surface area contributed by atoms with Crippen LogP contribution in [0.3, 0.4) is 0 Å². The van der Waals surface area contributed by atoms with Crippen molar-refractivity contribution in [2.75, 3.05) is 19.8 Å². The van der Waals surface area contributed by atoms with E-state index < -0.39 is 15.9 Å². The zero-order chi connectivity index (χ0) is 13.6. The van der Waals surface area contributed by atoms with Crippen LogP contribution in [-0.2, 0) is 19.6 Å². The first-order chi connectivity index (χ1) is 8.43. The maximum Gasteiger partial charge on any atom is 0.243 e. The molecule has 0 aliphatic carbocycles. The number of primary amides is 1. The van der Waals surface area contributed by atoms with Gasteiger partial charge in [-0.15, -0.1) is 0 Å². The monoisotopic (exact) mass is 336 g/mol. The van der Waals surface area contributed by atoms with Crippen LogP contribution in [0.15, 0.2) is 33.6 Å². The summed E-state index contributed by atoms with van der Waals surface area (Å²) in [5, 5.41) is 0. The van der Waals surface area contributed by atoms with Crippen molar-refractivity contribution >= 4 is 31.9 Å². The van der Waals surface area contributed by atoms with Gasteiger partial charge in [-0.25, -0.2) is 13.1 Å². The van der Waals surface area contributed by atoms with Crippen LogP contribution < -0.4 is 10.5 Å². The van der Waals surface area contributed by atoms with E-state index in [-0.39, 0.29) is 24.7 Å². The highest BCUT2D eigenvalue weighted by molar-refractivity contribution is 9.10. The molecule has 0 aromatic heterocycles. The van der Waals surface area contributed by atoms with Gasteiger partial charge in [-0.2, -0.15) is 0 Å². The fourth-order valence-corrected chi connectivity index (χ4v) is 3.18. The van der Waals surface area contributed by atoms with Gasteiger partial charge in [0.2, 0.25) is 15.9 Å². The molecule has 1 amide bonds. The van der Waals surface area contributed by atoms with Crippen LogP contribution in [0.4, 0.5) is 0 Å². The van der Waals surface area contributed by atoms with Crippen LogP contribution in [0, 0.1) is 0 Å². The summed E-state index contributed by atoms with van der Waals surface area (Å²) in [4.78, 5) is 10.5. The summed E-state index contributed by atoms with van der Waals surface area (Å²) in [6.45, 7) is -0.0830. The third-order valence-corrected chi connectivity index (χ3v) is 4.38. The Kier molecular flexibility index (Phi) is 5.73. The maximum atomic E-state index is 11.9. The van der Waals surface area contributed by atoms with Gasteiger partial charge in [0.15, 0.2) is 0 Å². The molecule has 0 atom stereocenters. The number of carbonyl (C=O) groups is 1. The van der Waals surface area contributed by atoms with E-state index in [0.717, 1.165) is 0 Å². The van der Waals surface area contributed by atoms with Gasteiger partial charge >= 0.3 is 0 Å². The molecule has 0 saturated heterocycles. The van der Waals surface area contributed by atoms with E-state index in [1.54, 1.807) is 18.2 Å². The van der Waals surface area contributed by atoms with Crippen molar-refractivity contribution in [3.63, 3.8) is 0 Å². The van der Waals surface area contributed by atoms with Crippen LogP contribution in [0.1, 0.15) is 0 Å². The lowest BCUT2D eigenvalue weighted by Gasteiger charge is -2.08. The van der Waals surface area contributed by atoms with Crippen LogP contribution >= 0.6 is 15.9 Å². The number of ether oxygens (including phenoxy) is 1. The van der Waals surface area contributed by atoms with Crippen molar-refractivity contribution in [1.29, 1.82) is 0 Å². The molecule has 1 rings (SSSR count). The second kappa shape index (κ2) is 6.83. The molecule has 0 fully saturated rings. The molecule has 0 bridgehead atoms. The van der Waals surface area contributed by atoms with Crippen molar-refractivity contribution in [3.05, 3.63) is 28.7 Å². The minimum absolute atomic E-state index is 0.0664. The van der Waals surface area contributed by atoms with Gasteiger partial charge in [-0.1, -0.05) is 12.1 Å². The minimum atomic E-state index is -3.58. The number of hydrogen-bond acceptors (Lipinski definition) is 4. The molecular formula is C10H13BrN2O4S. The topological polar surface area (TPSA) is 98.5 Å². The van der Waals surface area contributed by atoms with E-state index in [0.29, 0.717) is 4.47 Å². The molecule has 0 heterocycles. The van der Waals surface area contributed by atoms with Crippen molar-refractivity contribution in [2.45, 2.75) is 4.90 Å². The Morgan fingerprint density at radius 1 is 1.39 bits per heavy atom. The number of rotatable bonds is 7. The summed E-state index contributed by atoms with van der Waals surface area (Å²) in [5.41, 5.74) is 4.86. The predicted octanol–water partition coefficient (Wildman–Crippen LogP) is 0.229. The first kappa shape index (κ1) is 15.1. The number of carbonyl (C=O) groups excluding carboxylic acids is 1. The Morgan fingerprint density at radius 2 is 2.06 bits per heavy atom. The van der Waals surface area contributed by atoms with Crippen LogP contribution in [0.5, 0.6) is 0 Å². The Hall–Kier alpha value is -0.960. The molecule has 18 heavy (non-hydrogen) atoms. The molecule has 0 radical (unpaired) electrons. The number of amides is 1. The van der Waals surface area contributed by atoms with E-state index in [1.807, 2.05) is 0 Å². The Bertz CT molecular complexity index is 518. The standard InChI is InChI=1S/C10H13BrN2O4S/c11-8-3-1-2-4-9(8)18(15,16)13-5-6-17-7-10(12)14/h1-4,13H,5-7H2,(H2,12,14). The van der Waals surface area contributed by atoms with Gasteiger partial charge in [0.1, 0.15) is 6.61 Å².